The lowest BCUT2D eigenvalue weighted by Gasteiger charge is -2.16. The summed E-state index contributed by atoms with van der Waals surface area (Å²) in [7, 11) is 0.245. The molecule has 0 aromatic carbocycles. The second-order valence-electron chi connectivity index (χ2n) is 3.43. The Morgan fingerprint density at radius 3 is 2.35 bits per heavy atom. The first kappa shape index (κ1) is 16.3. The summed E-state index contributed by atoms with van der Waals surface area (Å²) in [5.41, 5.74) is 0. The summed E-state index contributed by atoms with van der Waals surface area (Å²) in [4.78, 5) is 13.2. The number of phosphoric ester groups is 1. The molecule has 1 aromatic rings. The lowest BCUT2D eigenvalue weighted by atomic mass is 10.2. The van der Waals surface area contributed by atoms with Gasteiger partial charge in [0.15, 0.2) is 0 Å². The molecule has 0 fully saturated rings. The fraction of sp³-hybridized carbons (Fsp3) is 0.700. The number of aromatic nitrogens is 2. The van der Waals surface area contributed by atoms with Gasteiger partial charge in [0.05, 0.1) is 7.05 Å². The molecule has 1 N–H and O–H groups in total. The third-order valence-corrected chi connectivity index (χ3v) is 3.08. The summed E-state index contributed by atoms with van der Waals surface area (Å²) >= 11 is 0. The second-order valence-corrected chi connectivity index (χ2v) is 5.06. The van der Waals surface area contributed by atoms with Crippen LogP contribution in [-0.2, 0) is 27.1 Å². The molecule has 0 unspecified atom stereocenters. The molecular formula is C10H21N2O4P. The first-order valence-electron chi connectivity index (χ1n) is 5.41. The zero-order valence-electron chi connectivity index (χ0n) is 10.8. The van der Waals surface area contributed by atoms with E-state index in [1.165, 1.54) is 25.1 Å². The first-order valence-corrected chi connectivity index (χ1v) is 6.87. The maximum Gasteiger partial charge on any atom is 0.267 e. The van der Waals surface area contributed by atoms with Crippen LogP contribution in [0.1, 0.15) is 25.6 Å². The van der Waals surface area contributed by atoms with Gasteiger partial charge < -0.3 is 13.9 Å². The summed E-state index contributed by atoms with van der Waals surface area (Å²) in [5, 5.41) is 0. The van der Waals surface area contributed by atoms with Gasteiger partial charge in [-0.3, -0.25) is 4.57 Å². The predicted molar refractivity (Wildman–Crippen MR) is 62.2 cm³/mol. The molecule has 1 rings (SSSR count). The van der Waals surface area contributed by atoms with Crippen molar-refractivity contribution in [3.8, 4) is 0 Å². The van der Waals surface area contributed by atoms with Crippen LogP contribution in [0.4, 0.5) is 0 Å². The average Bonchev–Trinajstić information content (AvgIpc) is 2.73. The van der Waals surface area contributed by atoms with Crippen molar-refractivity contribution in [3.63, 3.8) is 0 Å². The lowest BCUT2D eigenvalue weighted by molar-refractivity contribution is -0.677. The van der Waals surface area contributed by atoms with Gasteiger partial charge in [-0.25, -0.2) is 9.55 Å². The molecule has 0 aliphatic carbocycles. The van der Waals surface area contributed by atoms with E-state index in [1.54, 1.807) is 0 Å². The van der Waals surface area contributed by atoms with Gasteiger partial charge >= 0.3 is 0 Å². The number of H-pyrrole nitrogens is 1. The molecule has 0 radical (unpaired) electrons. The third-order valence-electron chi connectivity index (χ3n) is 2.19. The van der Waals surface area contributed by atoms with Crippen LogP contribution >= 0.6 is 7.82 Å². The van der Waals surface area contributed by atoms with Crippen LogP contribution in [0.25, 0.3) is 0 Å². The zero-order chi connectivity index (χ0) is 13.3. The van der Waals surface area contributed by atoms with Crippen molar-refractivity contribution >= 4 is 7.82 Å². The van der Waals surface area contributed by atoms with Crippen molar-refractivity contribution in [3.05, 3.63) is 18.2 Å². The molecule has 0 atom stereocenters. The quantitative estimate of drug-likeness (QED) is 0.634. The van der Waals surface area contributed by atoms with Crippen molar-refractivity contribution in [1.29, 1.82) is 0 Å². The number of imidazole rings is 1. The van der Waals surface area contributed by atoms with Crippen LogP contribution in [0.3, 0.4) is 0 Å². The van der Waals surface area contributed by atoms with Crippen LogP contribution in [0.5, 0.6) is 0 Å². The lowest BCUT2D eigenvalue weighted by Crippen LogP contribution is -2.30. The van der Waals surface area contributed by atoms with Crippen LogP contribution < -0.4 is 9.46 Å². The van der Waals surface area contributed by atoms with Gasteiger partial charge in [0.2, 0.25) is 0 Å². The highest BCUT2D eigenvalue weighted by atomic mass is 31.2. The van der Waals surface area contributed by atoms with E-state index in [9.17, 15) is 9.46 Å². The Labute approximate surface area is 102 Å². The maximum atomic E-state index is 9.95. The van der Waals surface area contributed by atoms with Gasteiger partial charge in [-0.05, 0) is 6.42 Å². The molecule has 0 amide bonds. The molecule has 1 heterocycles. The third kappa shape index (κ3) is 7.28. The topological polar surface area (TPSA) is 78.3 Å². The fourth-order valence-corrected chi connectivity index (χ4v) is 1.25. The Morgan fingerprint density at radius 1 is 1.47 bits per heavy atom. The van der Waals surface area contributed by atoms with E-state index >= 15 is 0 Å². The number of aryl methyl sites for hydroxylation is 2. The molecule has 100 valence electrons. The highest BCUT2D eigenvalue weighted by Crippen LogP contribution is 2.34. The molecule has 0 saturated heterocycles. The Morgan fingerprint density at radius 2 is 2.06 bits per heavy atom. The summed E-state index contributed by atoms with van der Waals surface area (Å²) in [6.07, 6.45) is 7.73. The molecule has 7 heteroatoms. The number of nitrogens with zero attached hydrogens (tertiary/aromatic N) is 1. The molecule has 0 saturated carbocycles. The van der Waals surface area contributed by atoms with E-state index in [1.807, 2.05) is 12.4 Å². The van der Waals surface area contributed by atoms with E-state index in [4.69, 9.17) is 0 Å². The van der Waals surface area contributed by atoms with E-state index in [0.29, 0.717) is 0 Å². The van der Waals surface area contributed by atoms with Gasteiger partial charge in [-0.15, -0.1) is 0 Å². The van der Waals surface area contributed by atoms with Gasteiger partial charge in [-0.2, -0.15) is 0 Å². The molecular weight excluding hydrogens is 243 g/mol. The van der Waals surface area contributed by atoms with Gasteiger partial charge in [-0.1, -0.05) is 13.3 Å². The zero-order valence-corrected chi connectivity index (χ0v) is 11.7. The van der Waals surface area contributed by atoms with E-state index < -0.39 is 7.82 Å². The van der Waals surface area contributed by atoms with E-state index in [-0.39, 0.29) is 0 Å². The molecule has 1 aromatic heterocycles. The van der Waals surface area contributed by atoms with Crippen LogP contribution in [-0.4, -0.2) is 19.2 Å². The maximum absolute atomic E-state index is 9.95. The highest BCUT2D eigenvalue weighted by molar-refractivity contribution is 7.45. The summed E-state index contributed by atoms with van der Waals surface area (Å²) in [6, 6.07) is 0. The monoisotopic (exact) mass is 264 g/mol. The number of phosphoric acid groups is 1. The van der Waals surface area contributed by atoms with Crippen molar-refractivity contribution in [1.82, 2.24) is 4.98 Å². The summed E-state index contributed by atoms with van der Waals surface area (Å²) < 4.78 is 19.8. The standard InChI is InChI=1S/C8H14N2.C2H7O4P/c1-3-4-5-8-9-6-7-10(8)2;1-5-7(3,4)6-2/h6-7H,3-5H2,1-2H3;1-2H3,(H,3,4). The summed E-state index contributed by atoms with van der Waals surface area (Å²) in [5.74, 6) is 1.32. The molecule has 0 aliphatic rings. The van der Waals surface area contributed by atoms with Crippen LogP contribution in [0.15, 0.2) is 12.4 Å². The molecule has 6 nitrogen and oxygen atoms in total. The Kier molecular flexibility index (Phi) is 8.08. The SMILES string of the molecule is CCCCc1[nH]cc[n+]1C.COP(=O)([O-])OC. The fourth-order valence-electron chi connectivity index (χ4n) is 1.10. The number of hydrogen-bond donors (Lipinski definition) is 1. The van der Waals surface area contributed by atoms with Gasteiger partial charge in [0.25, 0.3) is 13.6 Å². The molecule has 0 aliphatic heterocycles. The number of nitrogens with one attached hydrogen (secondary N) is 1. The van der Waals surface area contributed by atoms with Crippen molar-refractivity contribution in [2.24, 2.45) is 7.05 Å². The average molecular weight is 264 g/mol. The van der Waals surface area contributed by atoms with Gasteiger partial charge in [0, 0.05) is 20.6 Å². The largest absolute Gasteiger partial charge is 0.756 e. The number of unbranched alkanes of at least 4 members (excludes halogenated alkanes) is 1. The normalized spacial score (nSPS) is 10.9. The van der Waals surface area contributed by atoms with Crippen molar-refractivity contribution in [2.45, 2.75) is 26.2 Å². The van der Waals surface area contributed by atoms with Crippen LogP contribution in [0, 0.1) is 0 Å². The number of hydrogen-bond acceptors (Lipinski definition) is 4. The minimum absolute atomic E-state index is 1.04. The number of rotatable bonds is 5. The smallest absolute Gasteiger partial charge is 0.267 e. The minimum atomic E-state index is -3.90. The minimum Gasteiger partial charge on any atom is -0.756 e. The van der Waals surface area contributed by atoms with Crippen molar-refractivity contribution < 1.29 is 23.1 Å². The highest BCUT2D eigenvalue weighted by Gasteiger charge is 2.03. The van der Waals surface area contributed by atoms with Gasteiger partial charge in [0.1, 0.15) is 12.4 Å². The molecule has 17 heavy (non-hydrogen) atoms. The summed E-state index contributed by atoms with van der Waals surface area (Å²) in [6.45, 7) is 2.21. The molecule has 0 spiro atoms. The Bertz CT molecular complexity index is 346. The van der Waals surface area contributed by atoms with Crippen molar-refractivity contribution in [2.75, 3.05) is 14.2 Å². The number of aromatic amines is 1. The molecule has 0 bridgehead atoms. The Hall–Kier alpha value is -0.680. The predicted octanol–water partition coefficient (Wildman–Crippen LogP) is 0.929. The first-order chi connectivity index (χ1) is 7.96. The Balaban J connectivity index is 0.000000325. The van der Waals surface area contributed by atoms with E-state index in [0.717, 1.165) is 14.2 Å². The second kappa shape index (κ2) is 8.42. The van der Waals surface area contributed by atoms with E-state index in [2.05, 4.69) is 32.6 Å². The van der Waals surface area contributed by atoms with Crippen LogP contribution in [0.2, 0.25) is 0 Å².